The van der Waals surface area contributed by atoms with E-state index >= 15 is 0 Å². The molecule has 22 heavy (non-hydrogen) atoms. The summed E-state index contributed by atoms with van der Waals surface area (Å²) in [5.74, 6) is -1.24. The average molecular weight is 322 g/mol. The molecule has 0 fully saturated rings. The van der Waals surface area contributed by atoms with Gasteiger partial charge >= 0.3 is 0 Å². The summed E-state index contributed by atoms with van der Waals surface area (Å²) in [7, 11) is 0. The maximum absolute atomic E-state index is 13.1. The third-order valence-corrected chi connectivity index (χ3v) is 3.81. The van der Waals surface area contributed by atoms with Crippen LogP contribution in [0, 0.1) is 5.82 Å². The molecule has 0 saturated heterocycles. The largest absolute Gasteiger partial charge is 0.370 e. The van der Waals surface area contributed by atoms with Crippen molar-refractivity contribution in [2.24, 2.45) is 5.73 Å². The number of amides is 2. The molecule has 1 aromatic carbocycles. The molecule has 0 saturated carbocycles. The topological polar surface area (TPSA) is 89.2 Å². The molecule has 8 heteroatoms. The van der Waals surface area contributed by atoms with Gasteiger partial charge in [-0.1, -0.05) is 11.4 Å². The minimum atomic E-state index is -0.516. The second kappa shape index (κ2) is 7.08. The van der Waals surface area contributed by atoms with Crippen molar-refractivity contribution in [2.75, 3.05) is 11.4 Å². The van der Waals surface area contributed by atoms with Crippen LogP contribution in [0.15, 0.2) is 24.3 Å². The molecule has 0 atom stereocenters. The van der Waals surface area contributed by atoms with Crippen LogP contribution < -0.4 is 10.6 Å². The SMILES string of the molecule is CCc1nnsc1C(=O)N(CCC(N)=O)c1ccc(F)cc1. The quantitative estimate of drug-likeness (QED) is 0.877. The van der Waals surface area contributed by atoms with E-state index in [1.165, 1.54) is 29.2 Å². The molecule has 2 aromatic rings. The second-order valence-corrected chi connectivity index (χ2v) is 5.31. The fraction of sp³-hybridized carbons (Fsp3) is 0.286. The van der Waals surface area contributed by atoms with Crippen LogP contribution in [0.1, 0.15) is 28.7 Å². The van der Waals surface area contributed by atoms with Gasteiger partial charge in [0.1, 0.15) is 10.7 Å². The van der Waals surface area contributed by atoms with Crippen molar-refractivity contribution in [1.82, 2.24) is 9.59 Å². The Kier molecular flexibility index (Phi) is 5.16. The van der Waals surface area contributed by atoms with Gasteiger partial charge in [-0.25, -0.2) is 4.39 Å². The smallest absolute Gasteiger partial charge is 0.271 e. The van der Waals surface area contributed by atoms with E-state index in [0.717, 1.165) is 11.5 Å². The normalized spacial score (nSPS) is 10.5. The third-order valence-electron chi connectivity index (χ3n) is 3.05. The third kappa shape index (κ3) is 3.64. The number of rotatable bonds is 6. The Morgan fingerprint density at radius 2 is 2.00 bits per heavy atom. The molecule has 116 valence electrons. The van der Waals surface area contributed by atoms with Crippen LogP contribution in [0.3, 0.4) is 0 Å². The zero-order chi connectivity index (χ0) is 16.1. The lowest BCUT2D eigenvalue weighted by Crippen LogP contribution is -2.34. The van der Waals surface area contributed by atoms with Crippen molar-refractivity contribution in [2.45, 2.75) is 19.8 Å². The highest BCUT2D eigenvalue weighted by atomic mass is 32.1. The lowest BCUT2D eigenvalue weighted by Gasteiger charge is -2.21. The number of carbonyl (C=O) groups excluding carboxylic acids is 2. The van der Waals surface area contributed by atoms with Crippen LogP contribution in [0.5, 0.6) is 0 Å². The molecule has 2 amide bonds. The van der Waals surface area contributed by atoms with Gasteiger partial charge in [-0.3, -0.25) is 9.59 Å². The summed E-state index contributed by atoms with van der Waals surface area (Å²) in [4.78, 5) is 25.5. The van der Waals surface area contributed by atoms with Crippen LogP contribution in [0.4, 0.5) is 10.1 Å². The molecule has 0 unspecified atom stereocenters. The molecule has 0 aliphatic carbocycles. The number of nitrogens with two attached hydrogens (primary N) is 1. The predicted molar refractivity (Wildman–Crippen MR) is 81.2 cm³/mol. The molecular weight excluding hydrogens is 307 g/mol. The van der Waals surface area contributed by atoms with Crippen molar-refractivity contribution >= 4 is 29.0 Å². The minimum absolute atomic E-state index is 0.0107. The van der Waals surface area contributed by atoms with Gasteiger partial charge in [0, 0.05) is 18.7 Å². The van der Waals surface area contributed by atoms with Gasteiger partial charge in [-0.15, -0.1) is 5.10 Å². The zero-order valence-electron chi connectivity index (χ0n) is 12.0. The lowest BCUT2D eigenvalue weighted by atomic mass is 10.2. The monoisotopic (exact) mass is 322 g/mol. The maximum Gasteiger partial charge on any atom is 0.271 e. The van der Waals surface area contributed by atoms with Crippen molar-refractivity contribution < 1.29 is 14.0 Å². The predicted octanol–water partition coefficient (Wildman–Crippen LogP) is 1.76. The molecule has 1 heterocycles. The van der Waals surface area contributed by atoms with Gasteiger partial charge < -0.3 is 10.6 Å². The Labute approximate surface area is 130 Å². The summed E-state index contributed by atoms with van der Waals surface area (Å²) in [6, 6.07) is 5.47. The van der Waals surface area contributed by atoms with Gasteiger partial charge in [0.05, 0.1) is 5.69 Å². The van der Waals surface area contributed by atoms with Crippen LogP contribution in [-0.2, 0) is 11.2 Å². The number of hydrogen-bond donors (Lipinski definition) is 1. The minimum Gasteiger partial charge on any atom is -0.370 e. The van der Waals surface area contributed by atoms with Crippen LogP contribution in [-0.4, -0.2) is 27.9 Å². The summed E-state index contributed by atoms with van der Waals surface area (Å²) in [6.45, 7) is 1.99. The van der Waals surface area contributed by atoms with Crippen molar-refractivity contribution in [1.29, 1.82) is 0 Å². The van der Waals surface area contributed by atoms with E-state index in [0.29, 0.717) is 22.7 Å². The Hall–Kier alpha value is -2.35. The number of aromatic nitrogens is 2. The van der Waals surface area contributed by atoms with E-state index in [1.54, 1.807) is 0 Å². The number of aryl methyl sites for hydroxylation is 1. The lowest BCUT2D eigenvalue weighted by molar-refractivity contribution is -0.117. The van der Waals surface area contributed by atoms with E-state index in [1.807, 2.05) is 6.92 Å². The van der Waals surface area contributed by atoms with Gasteiger partial charge in [-0.05, 0) is 42.2 Å². The number of halogens is 1. The summed E-state index contributed by atoms with van der Waals surface area (Å²) in [5.41, 5.74) is 6.25. The van der Waals surface area contributed by atoms with Crippen LogP contribution in [0.25, 0.3) is 0 Å². The number of benzene rings is 1. The molecule has 0 radical (unpaired) electrons. The van der Waals surface area contributed by atoms with Crippen molar-refractivity contribution in [3.8, 4) is 0 Å². The molecule has 0 bridgehead atoms. The highest BCUT2D eigenvalue weighted by molar-refractivity contribution is 7.08. The summed E-state index contributed by atoms with van der Waals surface area (Å²) in [6.07, 6.45) is 0.585. The highest BCUT2D eigenvalue weighted by Crippen LogP contribution is 2.21. The van der Waals surface area contributed by atoms with Crippen molar-refractivity contribution in [3.05, 3.63) is 40.7 Å². The van der Waals surface area contributed by atoms with Gasteiger partial charge in [0.25, 0.3) is 5.91 Å². The highest BCUT2D eigenvalue weighted by Gasteiger charge is 2.23. The number of nitrogens with zero attached hydrogens (tertiary/aromatic N) is 3. The maximum atomic E-state index is 13.1. The second-order valence-electron chi connectivity index (χ2n) is 4.55. The Morgan fingerprint density at radius 3 is 2.59 bits per heavy atom. The molecule has 6 nitrogen and oxygen atoms in total. The first-order valence-electron chi connectivity index (χ1n) is 6.70. The van der Waals surface area contributed by atoms with Gasteiger partial charge in [-0.2, -0.15) is 0 Å². The zero-order valence-corrected chi connectivity index (χ0v) is 12.8. The Balaban J connectivity index is 2.33. The van der Waals surface area contributed by atoms with E-state index < -0.39 is 11.7 Å². The van der Waals surface area contributed by atoms with E-state index in [2.05, 4.69) is 9.59 Å². The van der Waals surface area contributed by atoms with E-state index in [9.17, 15) is 14.0 Å². The molecule has 2 N–H and O–H groups in total. The summed E-state index contributed by atoms with van der Waals surface area (Å²) < 4.78 is 16.9. The first kappa shape index (κ1) is 16.0. The molecule has 0 aliphatic rings. The van der Waals surface area contributed by atoms with E-state index in [4.69, 9.17) is 5.73 Å². The van der Waals surface area contributed by atoms with Crippen molar-refractivity contribution in [3.63, 3.8) is 0 Å². The fourth-order valence-electron chi connectivity index (χ4n) is 1.92. The van der Waals surface area contributed by atoms with Gasteiger partial charge in [0.15, 0.2) is 0 Å². The van der Waals surface area contributed by atoms with Crippen LogP contribution in [0.2, 0.25) is 0 Å². The standard InChI is InChI=1S/C14H15FN4O2S/c1-2-11-13(22-18-17-11)14(21)19(8-7-12(16)20)10-5-3-9(15)4-6-10/h3-6H,2,7-8H2,1H3,(H2,16,20). The molecule has 1 aromatic heterocycles. The summed E-state index contributed by atoms with van der Waals surface area (Å²) >= 11 is 1.00. The first-order chi connectivity index (χ1) is 10.5. The van der Waals surface area contributed by atoms with E-state index in [-0.39, 0.29) is 18.9 Å². The average Bonchev–Trinajstić information content (AvgIpc) is 2.97. The molecule has 2 rings (SSSR count). The number of anilines is 1. The Bertz CT molecular complexity index is 672. The summed E-state index contributed by atoms with van der Waals surface area (Å²) in [5, 5.41) is 3.91. The Morgan fingerprint density at radius 1 is 1.32 bits per heavy atom. The molecular formula is C14H15FN4O2S. The van der Waals surface area contributed by atoms with Gasteiger partial charge in [0.2, 0.25) is 5.91 Å². The van der Waals surface area contributed by atoms with Crippen LogP contribution >= 0.6 is 11.5 Å². The number of carbonyl (C=O) groups is 2. The first-order valence-corrected chi connectivity index (χ1v) is 7.47. The number of primary amides is 1. The molecule has 0 spiro atoms. The number of hydrogen-bond acceptors (Lipinski definition) is 5. The molecule has 0 aliphatic heterocycles. The fourth-order valence-corrected chi connectivity index (χ4v) is 2.62.